The normalized spacial score (nSPS) is 8.80. The van der Waals surface area contributed by atoms with E-state index in [-0.39, 0.29) is 0 Å². The summed E-state index contributed by atoms with van der Waals surface area (Å²) in [5.41, 5.74) is 6.40. The summed E-state index contributed by atoms with van der Waals surface area (Å²) in [5.74, 6) is 0. The molecule has 5 heavy (non-hydrogen) atoms. The van der Waals surface area contributed by atoms with Crippen LogP contribution in [0.1, 0.15) is 0 Å². The second-order valence-corrected chi connectivity index (χ2v) is 1.47. The summed E-state index contributed by atoms with van der Waals surface area (Å²) in [7, 11) is 0. The standard InChI is InChI=1S/C3H4N.W/c1-2-3-4;/h1-4H;/q-1;. The average Bonchev–Trinajstić information content (AvgIpc) is 1.41. The summed E-state index contributed by atoms with van der Waals surface area (Å²) in [5, 5.41) is 0. The molecule has 1 nitrogen and oxygen atoms in total. The Morgan fingerprint density at radius 3 is 2.20 bits per heavy atom. The Kier molecular flexibility index (Phi) is 4.18. The molecule has 0 aliphatic rings. The molecule has 0 unspecified atom stereocenters. The van der Waals surface area contributed by atoms with E-state index in [0.717, 1.165) is 0 Å². The van der Waals surface area contributed by atoms with E-state index in [0.29, 0.717) is 0 Å². The van der Waals surface area contributed by atoms with Crippen molar-refractivity contribution in [2.24, 2.45) is 0 Å². The topological polar surface area (TPSA) is 23.8 Å². The summed E-state index contributed by atoms with van der Waals surface area (Å²) in [6, 6.07) is 0. The van der Waals surface area contributed by atoms with Crippen LogP contribution in [0.3, 0.4) is 0 Å². The first-order chi connectivity index (χ1) is 2.41. The van der Waals surface area contributed by atoms with Crippen LogP contribution in [0.5, 0.6) is 0 Å². The van der Waals surface area contributed by atoms with Gasteiger partial charge in [0.15, 0.2) is 0 Å². The number of hydrogen-bond donors (Lipinski definition) is 0. The van der Waals surface area contributed by atoms with Gasteiger partial charge < -0.3 is 0 Å². The van der Waals surface area contributed by atoms with Crippen LogP contribution in [0, 0.1) is 0 Å². The Morgan fingerprint density at radius 2 is 2.20 bits per heavy atom. The van der Waals surface area contributed by atoms with Gasteiger partial charge in [-0.05, 0) is 0 Å². The molecule has 28 valence electrons. The van der Waals surface area contributed by atoms with Gasteiger partial charge in [0.1, 0.15) is 0 Å². The zero-order chi connectivity index (χ0) is 4.12. The number of hydrogen-bond acceptors (Lipinski definition) is 0. The molecule has 0 rings (SSSR count). The Hall–Kier alpha value is 0.0983. The zero-order valence-electron chi connectivity index (χ0n) is 2.64. The quantitative estimate of drug-likeness (QED) is 0.648. The molecule has 0 saturated carbocycles. The van der Waals surface area contributed by atoms with Gasteiger partial charge in [0.25, 0.3) is 0 Å². The Labute approximate surface area is 42.3 Å². The van der Waals surface area contributed by atoms with E-state index in [2.05, 4.69) is 0 Å². The predicted octanol–water partition coefficient (Wildman–Crippen LogP) is 0.901. The fourth-order valence-electron chi connectivity index (χ4n) is 0.0393. The molecule has 0 atom stereocenters. The van der Waals surface area contributed by atoms with E-state index in [9.17, 15) is 0 Å². The fraction of sp³-hybridized carbons (Fsp3) is 0. The number of rotatable bonds is 1. The summed E-state index contributed by atoms with van der Waals surface area (Å²) in [4.78, 5) is 0. The number of nitrogens with one attached hydrogen (secondary N) is 1. The summed E-state index contributed by atoms with van der Waals surface area (Å²) in [6.07, 6.45) is 2.97. The van der Waals surface area contributed by atoms with Gasteiger partial charge >= 0.3 is 41.8 Å². The van der Waals surface area contributed by atoms with E-state index in [4.69, 9.17) is 5.73 Å². The van der Waals surface area contributed by atoms with Crippen LogP contribution in [0.4, 0.5) is 0 Å². The molecule has 0 aromatic heterocycles. The van der Waals surface area contributed by atoms with Gasteiger partial charge in [-0.1, -0.05) is 0 Å². The Morgan fingerprint density at radius 1 is 1.60 bits per heavy atom. The molecular formula is C3H4NW-. The van der Waals surface area contributed by atoms with E-state index < -0.39 is 0 Å². The molecule has 0 heterocycles. The first kappa shape index (κ1) is 5.10. The second-order valence-electron chi connectivity index (χ2n) is 0.495. The minimum absolute atomic E-state index is 1.27. The van der Waals surface area contributed by atoms with Gasteiger partial charge in [0.2, 0.25) is 0 Å². The van der Waals surface area contributed by atoms with Gasteiger partial charge in [-0.2, -0.15) is 0 Å². The monoisotopic (exact) mass is 238 g/mol. The van der Waals surface area contributed by atoms with Crippen molar-refractivity contribution in [2.75, 3.05) is 0 Å². The van der Waals surface area contributed by atoms with Gasteiger partial charge in [-0.25, -0.2) is 0 Å². The molecule has 0 aliphatic carbocycles. The van der Waals surface area contributed by atoms with Crippen molar-refractivity contribution in [3.8, 4) is 0 Å². The van der Waals surface area contributed by atoms with E-state index >= 15 is 0 Å². The molecule has 0 aliphatic heterocycles. The third-order valence-electron chi connectivity index (χ3n) is 0.175. The van der Waals surface area contributed by atoms with Crippen LogP contribution in [0.2, 0.25) is 0 Å². The van der Waals surface area contributed by atoms with Crippen molar-refractivity contribution >= 4 is 4.40 Å². The number of allylic oxidation sites excluding steroid dienone is 1. The van der Waals surface area contributed by atoms with Crippen LogP contribution in [-0.4, -0.2) is 4.40 Å². The average molecular weight is 238 g/mol. The van der Waals surface area contributed by atoms with Crippen LogP contribution in [0.25, 0.3) is 5.73 Å². The second kappa shape index (κ2) is 4.10. The molecule has 0 bridgehead atoms. The van der Waals surface area contributed by atoms with Crippen molar-refractivity contribution in [1.29, 1.82) is 0 Å². The van der Waals surface area contributed by atoms with Crippen molar-refractivity contribution in [3.63, 3.8) is 0 Å². The summed E-state index contributed by atoms with van der Waals surface area (Å²) >= 11 is 1.39. The predicted molar refractivity (Wildman–Crippen MR) is 19.5 cm³/mol. The molecule has 0 radical (unpaired) electrons. The molecule has 0 fully saturated rings. The maximum atomic E-state index is 6.40. The molecule has 0 spiro atoms. The van der Waals surface area contributed by atoms with E-state index in [1.54, 1.807) is 6.08 Å². The maximum absolute atomic E-state index is 6.40. The molecular weight excluding hydrogens is 234 g/mol. The van der Waals surface area contributed by atoms with Gasteiger partial charge in [-0.3, -0.25) is 0 Å². The molecule has 0 amide bonds. The van der Waals surface area contributed by atoms with Crippen molar-refractivity contribution in [3.05, 3.63) is 18.0 Å². The van der Waals surface area contributed by atoms with Gasteiger partial charge in [0.05, 0.1) is 0 Å². The van der Waals surface area contributed by atoms with E-state index in [1.165, 1.54) is 25.6 Å². The van der Waals surface area contributed by atoms with Gasteiger partial charge in [-0.15, -0.1) is 0 Å². The van der Waals surface area contributed by atoms with Crippen molar-refractivity contribution < 1.29 is 19.4 Å². The van der Waals surface area contributed by atoms with Crippen molar-refractivity contribution in [2.45, 2.75) is 0 Å². The summed E-state index contributed by atoms with van der Waals surface area (Å²) in [6.45, 7) is 0. The van der Waals surface area contributed by atoms with Crippen molar-refractivity contribution in [1.82, 2.24) is 0 Å². The van der Waals surface area contributed by atoms with E-state index in [1.807, 2.05) is 4.40 Å². The molecule has 0 aromatic rings. The van der Waals surface area contributed by atoms with Crippen LogP contribution < -0.4 is 0 Å². The third-order valence-corrected chi connectivity index (χ3v) is 0.739. The van der Waals surface area contributed by atoms with Crippen LogP contribution in [0.15, 0.2) is 12.3 Å². The summed E-state index contributed by atoms with van der Waals surface area (Å²) < 4.78 is 1.90. The fourth-order valence-corrected chi connectivity index (χ4v) is 0.322. The zero-order valence-corrected chi connectivity index (χ0v) is 5.57. The van der Waals surface area contributed by atoms with Crippen LogP contribution >= 0.6 is 0 Å². The van der Waals surface area contributed by atoms with Crippen LogP contribution in [-0.2, 0) is 19.4 Å². The third kappa shape index (κ3) is 4.10. The first-order valence-corrected chi connectivity index (χ1v) is 2.88. The molecule has 1 N–H and O–H groups in total. The molecule has 0 aromatic carbocycles. The molecule has 0 saturated heterocycles. The Bertz CT molecular complexity index is 48.9. The minimum atomic E-state index is 1.27. The molecule has 2 heteroatoms. The van der Waals surface area contributed by atoms with Gasteiger partial charge in [0, 0.05) is 0 Å². The SMILES string of the molecule is [NH-]C=C[CH]=[W]. The Balaban J connectivity index is 2.92. The first-order valence-electron chi connectivity index (χ1n) is 1.19.